The van der Waals surface area contributed by atoms with E-state index in [1.165, 1.54) is 10.6 Å². The van der Waals surface area contributed by atoms with Crippen LogP contribution in [0.15, 0.2) is 15.7 Å². The van der Waals surface area contributed by atoms with E-state index in [4.69, 9.17) is 11.6 Å². The summed E-state index contributed by atoms with van der Waals surface area (Å²) >= 11 is 5.62. The Morgan fingerprint density at radius 1 is 1.31 bits per heavy atom. The minimum absolute atomic E-state index is 0.0321. The molecule has 0 atom stereocenters. The van der Waals surface area contributed by atoms with E-state index in [1.807, 2.05) is 0 Å². The summed E-state index contributed by atoms with van der Waals surface area (Å²) in [5.41, 5.74) is -0.689. The zero-order chi connectivity index (χ0) is 11.7. The summed E-state index contributed by atoms with van der Waals surface area (Å²) in [5, 5.41) is 0.107. The number of H-pyrrole nitrogens is 1. The first-order valence-electron chi connectivity index (χ1n) is 5.59. The zero-order valence-electron chi connectivity index (χ0n) is 9.20. The van der Waals surface area contributed by atoms with Crippen molar-refractivity contribution < 1.29 is 0 Å². The van der Waals surface area contributed by atoms with Crippen LogP contribution in [0.2, 0.25) is 5.15 Å². The van der Waals surface area contributed by atoms with Gasteiger partial charge in [-0.2, -0.15) is 0 Å². The molecule has 1 aromatic rings. The van der Waals surface area contributed by atoms with E-state index in [9.17, 15) is 9.59 Å². The molecule has 5 heteroatoms. The van der Waals surface area contributed by atoms with E-state index in [-0.39, 0.29) is 16.8 Å². The van der Waals surface area contributed by atoms with Gasteiger partial charge in [-0.3, -0.25) is 14.3 Å². The Morgan fingerprint density at radius 2 is 1.94 bits per heavy atom. The predicted octanol–water partition coefficient (Wildman–Crippen LogP) is 1.94. The molecular formula is C11H15ClN2O2. The van der Waals surface area contributed by atoms with Crippen molar-refractivity contribution in [1.29, 1.82) is 0 Å². The van der Waals surface area contributed by atoms with Crippen LogP contribution >= 0.6 is 11.6 Å². The van der Waals surface area contributed by atoms with Crippen LogP contribution < -0.4 is 11.2 Å². The molecule has 1 heterocycles. The van der Waals surface area contributed by atoms with E-state index in [0.29, 0.717) is 5.92 Å². The Bertz CT molecular complexity index is 452. The number of nitrogens with zero attached hydrogens (tertiary/aromatic N) is 1. The van der Waals surface area contributed by atoms with E-state index in [2.05, 4.69) is 11.9 Å². The van der Waals surface area contributed by atoms with Crippen LogP contribution in [0, 0.1) is 5.92 Å². The summed E-state index contributed by atoms with van der Waals surface area (Å²) in [5.74, 6) is 0.693. The molecule has 16 heavy (non-hydrogen) atoms. The molecule has 1 aliphatic carbocycles. The normalized spacial score (nSPS) is 25.6. The van der Waals surface area contributed by atoms with Gasteiger partial charge in [-0.25, -0.2) is 4.79 Å². The fraction of sp³-hybridized carbons (Fsp3) is 0.636. The Hall–Kier alpha value is -1.03. The third-order valence-corrected chi connectivity index (χ3v) is 3.49. The number of hydrogen-bond donors (Lipinski definition) is 1. The fourth-order valence-corrected chi connectivity index (χ4v) is 2.50. The first-order chi connectivity index (χ1) is 7.58. The van der Waals surface area contributed by atoms with Gasteiger partial charge in [0.05, 0.1) is 0 Å². The lowest BCUT2D eigenvalue weighted by atomic mass is 9.87. The number of hydrogen-bond acceptors (Lipinski definition) is 2. The molecule has 0 aromatic carbocycles. The molecule has 4 nitrogen and oxygen atoms in total. The van der Waals surface area contributed by atoms with E-state index in [0.717, 1.165) is 25.7 Å². The maximum atomic E-state index is 11.7. The maximum Gasteiger partial charge on any atom is 0.329 e. The first-order valence-corrected chi connectivity index (χ1v) is 5.97. The molecule has 1 fully saturated rings. The van der Waals surface area contributed by atoms with Crippen molar-refractivity contribution in [3.8, 4) is 0 Å². The maximum absolute atomic E-state index is 11.7. The average molecular weight is 243 g/mol. The van der Waals surface area contributed by atoms with Gasteiger partial charge in [0.25, 0.3) is 5.56 Å². The highest BCUT2D eigenvalue weighted by molar-refractivity contribution is 6.29. The van der Waals surface area contributed by atoms with Gasteiger partial charge in [0, 0.05) is 12.1 Å². The summed E-state index contributed by atoms with van der Waals surface area (Å²) in [7, 11) is 0. The van der Waals surface area contributed by atoms with Crippen molar-refractivity contribution >= 4 is 11.6 Å². The monoisotopic (exact) mass is 242 g/mol. The van der Waals surface area contributed by atoms with Gasteiger partial charge < -0.3 is 0 Å². The number of halogens is 1. The Balaban J connectivity index is 2.34. The topological polar surface area (TPSA) is 54.9 Å². The Morgan fingerprint density at radius 3 is 2.50 bits per heavy atom. The second-order valence-electron chi connectivity index (χ2n) is 4.54. The van der Waals surface area contributed by atoms with Gasteiger partial charge in [0.1, 0.15) is 5.15 Å². The summed E-state index contributed by atoms with van der Waals surface area (Å²) in [6.45, 7) is 2.20. The summed E-state index contributed by atoms with van der Waals surface area (Å²) in [6.07, 6.45) is 3.93. The number of aromatic amines is 1. The lowest BCUT2D eigenvalue weighted by molar-refractivity contribution is 0.278. The lowest BCUT2D eigenvalue weighted by Gasteiger charge is -2.26. The highest BCUT2D eigenvalue weighted by atomic mass is 35.5. The molecule has 0 radical (unpaired) electrons. The molecule has 0 saturated heterocycles. The van der Waals surface area contributed by atoms with Crippen molar-refractivity contribution in [3.05, 3.63) is 32.1 Å². The molecule has 0 aliphatic heterocycles. The molecular weight excluding hydrogens is 228 g/mol. The zero-order valence-corrected chi connectivity index (χ0v) is 9.96. The van der Waals surface area contributed by atoms with Crippen molar-refractivity contribution in [1.82, 2.24) is 9.55 Å². The van der Waals surface area contributed by atoms with Gasteiger partial charge in [0.15, 0.2) is 0 Å². The third-order valence-electron chi connectivity index (χ3n) is 3.28. The van der Waals surface area contributed by atoms with Crippen LogP contribution in [0.25, 0.3) is 0 Å². The van der Waals surface area contributed by atoms with Crippen molar-refractivity contribution in [3.63, 3.8) is 0 Å². The Kier molecular flexibility index (Phi) is 3.19. The van der Waals surface area contributed by atoms with E-state index >= 15 is 0 Å². The molecule has 1 aliphatic rings. The minimum atomic E-state index is -0.392. The summed E-state index contributed by atoms with van der Waals surface area (Å²) < 4.78 is 1.30. The quantitative estimate of drug-likeness (QED) is 0.766. The third kappa shape index (κ3) is 2.21. The molecule has 0 unspecified atom stereocenters. The van der Waals surface area contributed by atoms with E-state index in [1.54, 1.807) is 0 Å². The number of rotatable bonds is 1. The predicted molar refractivity (Wildman–Crippen MR) is 63.0 cm³/mol. The van der Waals surface area contributed by atoms with Crippen molar-refractivity contribution in [2.24, 2.45) is 5.92 Å². The molecule has 2 rings (SSSR count). The smallest absolute Gasteiger partial charge is 0.298 e. The standard InChI is InChI=1S/C11H15ClN2O2/c1-7-2-4-8(5-3-7)14-10(15)6-9(12)13-11(14)16/h6-8H,2-5H2,1H3,(H,13,16). The van der Waals surface area contributed by atoms with Gasteiger partial charge in [-0.15, -0.1) is 0 Å². The second kappa shape index (κ2) is 4.45. The van der Waals surface area contributed by atoms with Crippen LogP contribution in [0.5, 0.6) is 0 Å². The van der Waals surface area contributed by atoms with Crippen LogP contribution in [0.3, 0.4) is 0 Å². The van der Waals surface area contributed by atoms with Crippen molar-refractivity contribution in [2.75, 3.05) is 0 Å². The number of aromatic nitrogens is 2. The molecule has 0 bridgehead atoms. The SMILES string of the molecule is CC1CCC(n2c(=O)cc(Cl)[nH]c2=O)CC1. The molecule has 1 N–H and O–H groups in total. The molecule has 0 spiro atoms. The molecule has 88 valence electrons. The van der Waals surface area contributed by atoms with Gasteiger partial charge in [-0.05, 0) is 31.6 Å². The lowest BCUT2D eigenvalue weighted by Crippen LogP contribution is -2.38. The second-order valence-corrected chi connectivity index (χ2v) is 4.95. The molecule has 1 saturated carbocycles. The van der Waals surface area contributed by atoms with Gasteiger partial charge in [0.2, 0.25) is 0 Å². The first kappa shape index (κ1) is 11.5. The molecule has 0 amide bonds. The fourth-order valence-electron chi connectivity index (χ4n) is 2.32. The van der Waals surface area contributed by atoms with Gasteiger partial charge >= 0.3 is 5.69 Å². The summed E-state index contributed by atoms with van der Waals surface area (Å²) in [4.78, 5) is 25.8. The van der Waals surface area contributed by atoms with Crippen LogP contribution in [0.4, 0.5) is 0 Å². The average Bonchev–Trinajstić information content (AvgIpc) is 2.19. The van der Waals surface area contributed by atoms with Crippen LogP contribution in [0.1, 0.15) is 38.6 Å². The summed E-state index contributed by atoms with van der Waals surface area (Å²) in [6, 6.07) is 1.30. The highest BCUT2D eigenvalue weighted by Gasteiger charge is 2.22. The Labute approximate surface area is 98.3 Å². The minimum Gasteiger partial charge on any atom is -0.298 e. The van der Waals surface area contributed by atoms with E-state index < -0.39 is 5.69 Å². The van der Waals surface area contributed by atoms with Crippen LogP contribution in [-0.4, -0.2) is 9.55 Å². The molecule has 1 aromatic heterocycles. The van der Waals surface area contributed by atoms with Crippen molar-refractivity contribution in [2.45, 2.75) is 38.6 Å². The number of nitrogens with one attached hydrogen (secondary N) is 1. The van der Waals surface area contributed by atoms with Gasteiger partial charge in [-0.1, -0.05) is 18.5 Å². The highest BCUT2D eigenvalue weighted by Crippen LogP contribution is 2.29. The largest absolute Gasteiger partial charge is 0.329 e. The van der Waals surface area contributed by atoms with Crippen LogP contribution in [-0.2, 0) is 0 Å².